The first kappa shape index (κ1) is 21.2. The average Bonchev–Trinajstić information content (AvgIpc) is 3.24. The van der Waals surface area contributed by atoms with Crippen LogP contribution in [0.5, 0.6) is 0 Å². The lowest BCUT2D eigenvalue weighted by molar-refractivity contribution is -0.215. The van der Waals surface area contributed by atoms with Crippen LogP contribution in [0, 0.1) is 0 Å². The second-order valence-corrected chi connectivity index (χ2v) is 9.27. The molecule has 6 atom stereocenters. The second-order valence-electron chi connectivity index (χ2n) is 7.20. The van der Waals surface area contributed by atoms with Crippen molar-refractivity contribution in [3.05, 3.63) is 0 Å². The monoisotopic (exact) mass is 421 g/mol. The highest BCUT2D eigenvalue weighted by molar-refractivity contribution is 8.14. The Kier molecular flexibility index (Phi) is 6.93. The van der Waals surface area contributed by atoms with Gasteiger partial charge in [0, 0.05) is 0 Å². The molecule has 27 heavy (non-hydrogen) atoms. The predicted molar refractivity (Wildman–Crippen MR) is 104 cm³/mol. The van der Waals surface area contributed by atoms with Crippen LogP contribution in [-0.2, 0) is 9.53 Å². The predicted octanol–water partition coefficient (Wildman–Crippen LogP) is -0.490. The van der Waals surface area contributed by atoms with E-state index in [0.29, 0.717) is 30.2 Å². The van der Waals surface area contributed by atoms with Crippen LogP contribution in [0.2, 0.25) is 0 Å². The molecule has 9 nitrogen and oxygen atoms in total. The van der Waals surface area contributed by atoms with Crippen molar-refractivity contribution in [1.82, 2.24) is 10.9 Å². The van der Waals surface area contributed by atoms with E-state index >= 15 is 0 Å². The molecule has 2 heterocycles. The Bertz CT molecular complexity index is 574. The van der Waals surface area contributed by atoms with Gasteiger partial charge in [-0.25, -0.2) is 5.43 Å². The van der Waals surface area contributed by atoms with Crippen LogP contribution >= 0.6 is 23.5 Å². The number of nitrogens with one attached hydrogen (secondary N) is 2. The molecule has 1 saturated heterocycles. The number of amidine groups is 1. The van der Waals surface area contributed by atoms with Gasteiger partial charge in [0.25, 0.3) is 0 Å². The molecule has 0 spiro atoms. The van der Waals surface area contributed by atoms with Gasteiger partial charge in [0.15, 0.2) is 5.17 Å². The number of rotatable bonds is 7. The maximum atomic E-state index is 11.3. The number of aliphatic imine (C=N–C) groups is 1. The van der Waals surface area contributed by atoms with Crippen LogP contribution in [0.4, 0.5) is 0 Å². The molecule has 1 saturated carbocycles. The molecule has 0 radical (unpaired) electrons. The number of carboxylic acid groups (broad SMARTS) is 1. The quantitative estimate of drug-likeness (QED) is 0.298. The highest BCUT2D eigenvalue weighted by atomic mass is 32.2. The molecule has 2 unspecified atom stereocenters. The Balaban J connectivity index is 1.61. The van der Waals surface area contributed by atoms with Crippen molar-refractivity contribution in [3.63, 3.8) is 0 Å². The van der Waals surface area contributed by atoms with Crippen LogP contribution < -0.4 is 10.9 Å². The summed E-state index contributed by atoms with van der Waals surface area (Å²) in [6.45, 7) is 0. The lowest BCUT2D eigenvalue weighted by atomic mass is 9.85. The third kappa shape index (κ3) is 4.55. The van der Waals surface area contributed by atoms with Crippen molar-refractivity contribution < 1.29 is 30.0 Å². The Morgan fingerprint density at radius 3 is 2.74 bits per heavy atom. The van der Waals surface area contributed by atoms with Crippen molar-refractivity contribution >= 4 is 34.7 Å². The Morgan fingerprint density at radius 1 is 1.41 bits per heavy atom. The number of hydrogen-bond donors (Lipinski definition) is 6. The normalized spacial score (nSPS) is 36.1. The van der Waals surface area contributed by atoms with E-state index in [-0.39, 0.29) is 0 Å². The van der Waals surface area contributed by atoms with Gasteiger partial charge in [-0.05, 0) is 31.3 Å². The van der Waals surface area contributed by atoms with Crippen molar-refractivity contribution in [1.29, 1.82) is 0 Å². The van der Waals surface area contributed by atoms with Gasteiger partial charge in [0.05, 0.1) is 5.60 Å². The topological polar surface area (TPSA) is 144 Å². The van der Waals surface area contributed by atoms with E-state index in [9.17, 15) is 25.2 Å². The van der Waals surface area contributed by atoms with Crippen LogP contribution in [0.1, 0.15) is 32.1 Å². The zero-order chi connectivity index (χ0) is 19.6. The number of thioether (sulfide) groups is 2. The third-order valence-corrected chi connectivity index (χ3v) is 7.02. The number of aliphatic hydroxyl groups is 3. The van der Waals surface area contributed by atoms with Crippen LogP contribution in [-0.4, -0.2) is 85.0 Å². The summed E-state index contributed by atoms with van der Waals surface area (Å²) in [5.41, 5.74) is 3.86. The minimum absolute atomic E-state index is 0.394. The van der Waals surface area contributed by atoms with Crippen molar-refractivity contribution in [2.75, 3.05) is 12.0 Å². The molecule has 11 heteroatoms. The molecule has 0 bridgehead atoms. The van der Waals surface area contributed by atoms with Crippen molar-refractivity contribution in [2.45, 2.75) is 73.5 Å². The Hall–Kier alpha value is -0.560. The summed E-state index contributed by atoms with van der Waals surface area (Å²) in [6.07, 6.45) is 1.91. The first-order valence-corrected chi connectivity index (χ1v) is 11.3. The fraction of sp³-hybridized carbons (Fsp3) is 0.875. The fourth-order valence-electron chi connectivity index (χ4n) is 3.78. The Morgan fingerprint density at radius 2 is 2.11 bits per heavy atom. The molecular weight excluding hydrogens is 394 g/mol. The largest absolute Gasteiger partial charge is 0.480 e. The lowest BCUT2D eigenvalue weighted by Crippen LogP contribution is -2.62. The van der Waals surface area contributed by atoms with E-state index in [1.54, 1.807) is 11.8 Å². The Labute approximate surface area is 166 Å². The lowest BCUT2D eigenvalue weighted by Gasteiger charge is -2.44. The molecule has 0 amide bonds. The van der Waals surface area contributed by atoms with Gasteiger partial charge in [-0.1, -0.05) is 24.6 Å². The molecule has 0 aromatic heterocycles. The first-order valence-electron chi connectivity index (χ1n) is 9.07. The number of carbonyl (C=O) groups is 1. The fourth-order valence-corrected chi connectivity index (χ4v) is 5.31. The van der Waals surface area contributed by atoms with Gasteiger partial charge >= 0.3 is 5.97 Å². The summed E-state index contributed by atoms with van der Waals surface area (Å²) in [5, 5.41) is 41.4. The zero-order valence-electron chi connectivity index (χ0n) is 15.1. The highest BCUT2D eigenvalue weighted by Crippen LogP contribution is 2.43. The number of fused-ring (bicyclic) bond motifs is 1. The summed E-state index contributed by atoms with van der Waals surface area (Å²) in [5.74, 6) is -0.266. The van der Waals surface area contributed by atoms with E-state index in [0.717, 1.165) is 12.8 Å². The summed E-state index contributed by atoms with van der Waals surface area (Å²) in [7, 11) is 0. The molecule has 0 aromatic rings. The maximum absolute atomic E-state index is 11.3. The van der Waals surface area contributed by atoms with Crippen LogP contribution in [0.3, 0.4) is 0 Å². The van der Waals surface area contributed by atoms with E-state index in [1.165, 1.54) is 11.8 Å². The number of hydrazine groups is 1. The maximum Gasteiger partial charge on any atom is 0.322 e. The molecule has 1 aliphatic carbocycles. The van der Waals surface area contributed by atoms with Gasteiger partial charge in [0.1, 0.15) is 35.8 Å². The molecule has 6 N–H and O–H groups in total. The summed E-state index contributed by atoms with van der Waals surface area (Å²) >= 11 is 2.78. The molecule has 3 rings (SSSR count). The number of hydrogen-bond acceptors (Lipinski definition) is 10. The zero-order valence-corrected chi connectivity index (χ0v) is 16.7. The van der Waals surface area contributed by atoms with Crippen LogP contribution in [0.15, 0.2) is 4.99 Å². The van der Waals surface area contributed by atoms with Crippen molar-refractivity contribution in [2.24, 2.45) is 4.99 Å². The molecule has 154 valence electrons. The van der Waals surface area contributed by atoms with Crippen molar-refractivity contribution in [3.8, 4) is 0 Å². The summed E-state index contributed by atoms with van der Waals surface area (Å²) in [4.78, 5) is 15.6. The minimum atomic E-state index is -1.22. The van der Waals surface area contributed by atoms with Gasteiger partial charge < -0.3 is 25.2 Å². The molecule has 3 aliphatic rings. The minimum Gasteiger partial charge on any atom is -0.480 e. The number of ether oxygens (including phenoxy) is 1. The first-order chi connectivity index (χ1) is 12.9. The van der Waals surface area contributed by atoms with E-state index in [4.69, 9.17) is 4.74 Å². The van der Waals surface area contributed by atoms with Gasteiger partial charge in [-0.2, -0.15) is 11.8 Å². The van der Waals surface area contributed by atoms with E-state index in [2.05, 4.69) is 15.8 Å². The number of aliphatic carboxylic acids is 1. The number of aliphatic hydroxyl groups excluding tert-OH is 2. The van der Waals surface area contributed by atoms with E-state index < -0.39 is 47.4 Å². The standard InChI is InChI=1S/C16H27N3O6S2/c1-26-7-4-8(13(22)23)18-19-15-17-9-10(20)11(21)12(25-14(9)27-15)16(24)5-2-3-6-16/h8-12,14,18,20-21,24H,2-7H2,1H3,(H,17,19)(H,22,23)/t8-,9+,10?,11?,12-,14+/m0/s1. The molecule has 2 aliphatic heterocycles. The van der Waals surface area contributed by atoms with E-state index in [1.807, 2.05) is 6.26 Å². The van der Waals surface area contributed by atoms with Gasteiger partial charge in [-0.15, -0.1) is 0 Å². The van der Waals surface area contributed by atoms with Gasteiger partial charge in [-0.3, -0.25) is 15.2 Å². The van der Waals surface area contributed by atoms with Gasteiger partial charge in [0.2, 0.25) is 0 Å². The SMILES string of the molecule is CSCC[C@H](NNC1=N[C@@H]2C(O)C(O)[C@@H](C3(O)CCCC3)O[C@@H]2S1)C(=O)O. The third-order valence-electron chi connectivity index (χ3n) is 5.32. The molecule has 2 fully saturated rings. The number of nitrogens with zero attached hydrogens (tertiary/aromatic N) is 1. The number of carboxylic acids is 1. The summed E-state index contributed by atoms with van der Waals surface area (Å²) in [6, 6.07) is -1.45. The smallest absolute Gasteiger partial charge is 0.322 e. The molecule has 0 aromatic carbocycles. The summed E-state index contributed by atoms with van der Waals surface area (Å²) < 4.78 is 5.93. The second kappa shape index (κ2) is 8.85. The average molecular weight is 422 g/mol. The van der Waals surface area contributed by atoms with Crippen LogP contribution in [0.25, 0.3) is 0 Å². The highest BCUT2D eigenvalue weighted by Gasteiger charge is 2.55. The molecular formula is C16H27N3O6S2.